The van der Waals surface area contributed by atoms with Gasteiger partial charge in [-0.15, -0.1) is 0 Å². The normalized spacial score (nSPS) is 23.6. The molecule has 0 bridgehead atoms. The van der Waals surface area contributed by atoms with Gasteiger partial charge in [0.25, 0.3) is 0 Å². The van der Waals surface area contributed by atoms with Crippen molar-refractivity contribution >= 4 is 17.6 Å². The molecule has 3 fully saturated rings. The molecule has 7 heteroatoms. The van der Waals surface area contributed by atoms with Crippen LogP contribution in [0.2, 0.25) is 5.02 Å². The predicted octanol–water partition coefficient (Wildman–Crippen LogP) is 8.65. The molecule has 2 aromatic rings. The monoisotopic (exact) mass is 626 g/mol. The number of nitrogens with zero attached hydrogens (tertiary/aromatic N) is 2. The van der Waals surface area contributed by atoms with E-state index < -0.39 is 12.0 Å². The Labute approximate surface area is 269 Å². The van der Waals surface area contributed by atoms with Gasteiger partial charge in [-0.3, -0.25) is 9.69 Å². The number of likely N-dealkylation sites (N-methyl/N-ethyl adjacent to an activating group) is 1. The first-order chi connectivity index (χ1) is 20.9. The topological polar surface area (TPSA) is 53.0 Å². The van der Waals surface area contributed by atoms with Crippen molar-refractivity contribution in [3.05, 3.63) is 69.0 Å². The van der Waals surface area contributed by atoms with E-state index in [1.165, 1.54) is 23.6 Å². The molecule has 0 spiro atoms. The summed E-state index contributed by atoms with van der Waals surface area (Å²) in [6.45, 7) is 12.5. The number of ether oxygens (including phenoxy) is 1. The van der Waals surface area contributed by atoms with E-state index in [0.717, 1.165) is 87.2 Å². The minimum absolute atomic E-state index is 0.140. The second-order valence-electron chi connectivity index (χ2n) is 14.7. The number of carboxylic acid groups (broad SMARTS) is 1. The number of carboxylic acids is 1. The van der Waals surface area contributed by atoms with Gasteiger partial charge in [0.15, 0.2) is 0 Å². The van der Waals surface area contributed by atoms with Gasteiger partial charge in [-0.25, -0.2) is 4.39 Å². The third kappa shape index (κ3) is 8.23. The number of benzene rings is 2. The van der Waals surface area contributed by atoms with Gasteiger partial charge in [0.2, 0.25) is 0 Å². The first-order valence-corrected chi connectivity index (χ1v) is 17.2. The summed E-state index contributed by atoms with van der Waals surface area (Å²) in [7, 11) is 1.91. The fourth-order valence-electron chi connectivity index (χ4n) is 7.77. The number of hydrogen-bond acceptors (Lipinski definition) is 4. The summed E-state index contributed by atoms with van der Waals surface area (Å²) in [5.74, 6) is -0.749. The molecule has 1 aliphatic heterocycles. The van der Waals surface area contributed by atoms with Crippen molar-refractivity contribution in [3.8, 4) is 0 Å². The van der Waals surface area contributed by atoms with E-state index in [1.54, 1.807) is 6.07 Å². The molecule has 0 unspecified atom stereocenters. The molecule has 1 saturated heterocycles. The minimum atomic E-state index is -0.889. The second kappa shape index (κ2) is 14.2. The maximum atomic E-state index is 15.0. The van der Waals surface area contributed by atoms with Crippen LogP contribution in [-0.2, 0) is 9.53 Å². The summed E-state index contributed by atoms with van der Waals surface area (Å²) in [5, 5.41) is 11.3. The summed E-state index contributed by atoms with van der Waals surface area (Å²) in [5.41, 5.74) is 5.05. The minimum Gasteiger partial charge on any atom is -0.480 e. The molecular formula is C37H52ClFN2O3. The van der Waals surface area contributed by atoms with Crippen molar-refractivity contribution in [2.24, 2.45) is 5.41 Å². The molecule has 5 rings (SSSR count). The highest BCUT2D eigenvalue weighted by Crippen LogP contribution is 2.42. The Morgan fingerprint density at radius 2 is 1.75 bits per heavy atom. The standard InChI is InChI=1S/C37H52ClFN2O3/c1-24-6-9-28(38)22-32(24)26(17-20-41-21-18-37(3,4)23-41)16-19-40(5)35(36(42)43)31-14-15-33(39)25(2)34(31)27-7-10-29(11-8-27)44-30-12-13-30/h6,9,14-15,22,26-27,29-30,35H,7-8,10-13,16-21,23H2,1-5H3,(H,42,43)/t26-,27?,29?,35+/m1/s1. The Hall–Kier alpha value is -1.99. The molecule has 2 aromatic carbocycles. The first-order valence-electron chi connectivity index (χ1n) is 16.8. The van der Waals surface area contributed by atoms with Gasteiger partial charge in [0, 0.05) is 11.6 Å². The lowest BCUT2D eigenvalue weighted by atomic mass is 9.77. The lowest BCUT2D eigenvalue weighted by Gasteiger charge is -2.34. The zero-order valence-electron chi connectivity index (χ0n) is 27.4. The molecule has 3 aliphatic rings. The number of aryl methyl sites for hydroxylation is 1. The summed E-state index contributed by atoms with van der Waals surface area (Å²) in [6, 6.07) is 8.46. The van der Waals surface area contributed by atoms with E-state index in [9.17, 15) is 9.90 Å². The van der Waals surface area contributed by atoms with E-state index in [2.05, 4.69) is 37.8 Å². The van der Waals surface area contributed by atoms with Gasteiger partial charge in [0.1, 0.15) is 11.9 Å². The summed E-state index contributed by atoms with van der Waals surface area (Å²) < 4.78 is 21.2. The van der Waals surface area contributed by atoms with E-state index in [-0.39, 0.29) is 23.8 Å². The predicted molar refractivity (Wildman–Crippen MR) is 176 cm³/mol. The van der Waals surface area contributed by atoms with Crippen LogP contribution in [0.5, 0.6) is 0 Å². The Balaban J connectivity index is 1.33. The van der Waals surface area contributed by atoms with E-state index in [0.29, 0.717) is 23.6 Å². The smallest absolute Gasteiger partial charge is 0.325 e. The first kappa shape index (κ1) is 33.4. The Kier molecular flexibility index (Phi) is 10.8. The van der Waals surface area contributed by atoms with Crippen LogP contribution in [0.15, 0.2) is 30.3 Å². The van der Waals surface area contributed by atoms with Crippen LogP contribution in [0, 0.1) is 25.1 Å². The van der Waals surface area contributed by atoms with Crippen molar-refractivity contribution in [2.75, 3.05) is 33.2 Å². The fourth-order valence-corrected chi connectivity index (χ4v) is 7.96. The number of aliphatic carboxylic acids is 1. The third-order valence-corrected chi connectivity index (χ3v) is 10.7. The third-order valence-electron chi connectivity index (χ3n) is 10.5. The number of halogens is 2. The van der Waals surface area contributed by atoms with Crippen molar-refractivity contribution < 1.29 is 19.0 Å². The van der Waals surface area contributed by atoms with Gasteiger partial charge in [-0.2, -0.15) is 0 Å². The van der Waals surface area contributed by atoms with Crippen LogP contribution >= 0.6 is 11.6 Å². The van der Waals surface area contributed by atoms with Crippen LogP contribution in [0.25, 0.3) is 0 Å². The van der Waals surface area contributed by atoms with Crippen LogP contribution in [0.3, 0.4) is 0 Å². The van der Waals surface area contributed by atoms with Crippen molar-refractivity contribution in [3.63, 3.8) is 0 Å². The van der Waals surface area contributed by atoms with Crippen LogP contribution in [0.1, 0.15) is 117 Å². The maximum Gasteiger partial charge on any atom is 0.325 e. The molecule has 0 amide bonds. The summed E-state index contributed by atoms with van der Waals surface area (Å²) in [6.07, 6.45) is 9.73. The van der Waals surface area contributed by atoms with Gasteiger partial charge in [0.05, 0.1) is 12.2 Å². The molecule has 242 valence electrons. The second-order valence-corrected chi connectivity index (χ2v) is 15.1. The van der Waals surface area contributed by atoms with E-state index >= 15 is 4.39 Å². The molecule has 5 nitrogen and oxygen atoms in total. The molecule has 2 aliphatic carbocycles. The largest absolute Gasteiger partial charge is 0.480 e. The van der Waals surface area contributed by atoms with Crippen LogP contribution < -0.4 is 0 Å². The number of likely N-dealkylation sites (tertiary alicyclic amines) is 1. The molecular weight excluding hydrogens is 575 g/mol. The van der Waals surface area contributed by atoms with Gasteiger partial charge < -0.3 is 14.7 Å². The highest BCUT2D eigenvalue weighted by atomic mass is 35.5. The number of hydrogen-bond donors (Lipinski definition) is 1. The molecule has 44 heavy (non-hydrogen) atoms. The van der Waals surface area contributed by atoms with Crippen molar-refractivity contribution in [1.82, 2.24) is 9.80 Å². The zero-order chi connectivity index (χ0) is 31.6. The maximum absolute atomic E-state index is 15.0. The SMILES string of the molecule is Cc1ccc(Cl)cc1[C@@H](CCN1CCC(C)(C)C1)CCN(C)[C@H](C(=O)O)c1ccc(F)c(C)c1C1CCC(OC2CC2)CC1. The average Bonchev–Trinajstić information content (AvgIpc) is 3.72. The molecule has 0 radical (unpaired) electrons. The van der Waals surface area contributed by atoms with Crippen molar-refractivity contribution in [2.45, 2.75) is 116 Å². The van der Waals surface area contributed by atoms with Gasteiger partial charge in [-0.05, 0) is 162 Å². The fraction of sp³-hybridized carbons (Fsp3) is 0.649. The lowest BCUT2D eigenvalue weighted by molar-refractivity contribution is -0.143. The Morgan fingerprint density at radius 1 is 1.07 bits per heavy atom. The van der Waals surface area contributed by atoms with Crippen LogP contribution in [-0.4, -0.2) is 66.3 Å². The molecule has 2 atom stereocenters. The Morgan fingerprint density at radius 3 is 2.36 bits per heavy atom. The zero-order valence-corrected chi connectivity index (χ0v) is 28.1. The van der Waals surface area contributed by atoms with Gasteiger partial charge in [-0.1, -0.05) is 37.6 Å². The van der Waals surface area contributed by atoms with E-state index in [4.69, 9.17) is 16.3 Å². The van der Waals surface area contributed by atoms with Crippen LogP contribution in [0.4, 0.5) is 4.39 Å². The highest BCUT2D eigenvalue weighted by Gasteiger charge is 2.35. The van der Waals surface area contributed by atoms with E-state index in [1.807, 2.05) is 24.9 Å². The number of carbonyl (C=O) groups is 1. The Bertz CT molecular complexity index is 1300. The lowest BCUT2D eigenvalue weighted by Crippen LogP contribution is -2.34. The van der Waals surface area contributed by atoms with Crippen molar-refractivity contribution in [1.29, 1.82) is 0 Å². The summed E-state index contributed by atoms with van der Waals surface area (Å²) in [4.78, 5) is 17.5. The molecule has 0 aromatic heterocycles. The molecule has 1 N–H and O–H groups in total. The summed E-state index contributed by atoms with van der Waals surface area (Å²) >= 11 is 6.48. The molecule has 1 heterocycles. The number of rotatable bonds is 13. The highest BCUT2D eigenvalue weighted by molar-refractivity contribution is 6.30. The van der Waals surface area contributed by atoms with Gasteiger partial charge >= 0.3 is 5.97 Å². The average molecular weight is 627 g/mol. The quantitative estimate of drug-likeness (QED) is 0.241. The molecule has 2 saturated carbocycles.